The number of nitrogens with zero attached hydrogens (tertiary/aromatic N) is 2. The van der Waals surface area contributed by atoms with Crippen LogP contribution in [0.15, 0.2) is 48.8 Å². The molecule has 1 atom stereocenters. The predicted molar refractivity (Wildman–Crippen MR) is 94.5 cm³/mol. The van der Waals surface area contributed by atoms with Gasteiger partial charge in [-0.25, -0.2) is 9.78 Å². The minimum Gasteiger partial charge on any atom is -0.466 e. The van der Waals surface area contributed by atoms with Gasteiger partial charge in [-0.05, 0) is 18.6 Å². The number of aromatic nitrogens is 2. The minimum absolute atomic E-state index is 0.139. The average molecular weight is 340 g/mol. The Hall–Kier alpha value is -3.22. The topological polar surface area (TPSA) is 93.2 Å². The van der Waals surface area contributed by atoms with Gasteiger partial charge in [-0.2, -0.15) is 0 Å². The van der Waals surface area contributed by atoms with E-state index in [-0.39, 0.29) is 5.91 Å². The number of ether oxygens (including phenoxy) is 1. The number of hydrogen-bond acceptors (Lipinski definition) is 6. The molecule has 0 spiro atoms. The zero-order chi connectivity index (χ0) is 18.1. The van der Waals surface area contributed by atoms with Crippen molar-refractivity contribution >= 4 is 23.8 Å². The van der Waals surface area contributed by atoms with Gasteiger partial charge in [0, 0.05) is 12.6 Å². The lowest BCUT2D eigenvalue weighted by atomic mass is 10.2. The average Bonchev–Trinajstić information content (AvgIpc) is 2.66. The summed E-state index contributed by atoms with van der Waals surface area (Å²) in [5.74, 6) is -0.134. The number of hydrogen-bond donors (Lipinski definition) is 2. The zero-order valence-corrected chi connectivity index (χ0v) is 14.1. The van der Waals surface area contributed by atoms with Crippen molar-refractivity contribution in [2.75, 3.05) is 12.4 Å². The molecule has 130 valence electrons. The predicted octanol–water partition coefficient (Wildman–Crippen LogP) is 1.78. The molecule has 0 saturated carbocycles. The van der Waals surface area contributed by atoms with E-state index in [1.54, 1.807) is 6.92 Å². The van der Waals surface area contributed by atoms with Gasteiger partial charge >= 0.3 is 5.97 Å². The second kappa shape index (κ2) is 9.17. The Balaban J connectivity index is 1.85. The number of carbonyl (C=O) groups excluding carboxylic acids is 2. The Morgan fingerprint density at radius 2 is 1.96 bits per heavy atom. The fourth-order valence-electron chi connectivity index (χ4n) is 1.95. The molecule has 0 saturated heterocycles. The fraction of sp³-hybridized carbons (Fsp3) is 0.222. The molecule has 1 amide bonds. The molecule has 0 aliphatic carbocycles. The third kappa shape index (κ3) is 6.06. The van der Waals surface area contributed by atoms with Crippen LogP contribution in [0.5, 0.6) is 0 Å². The summed E-state index contributed by atoms with van der Waals surface area (Å²) < 4.78 is 4.50. The molecule has 0 unspecified atom stereocenters. The van der Waals surface area contributed by atoms with Crippen molar-refractivity contribution in [3.63, 3.8) is 0 Å². The highest BCUT2D eigenvalue weighted by Crippen LogP contribution is 2.05. The van der Waals surface area contributed by atoms with E-state index >= 15 is 0 Å². The summed E-state index contributed by atoms with van der Waals surface area (Å²) in [6, 6.07) is 9.21. The lowest BCUT2D eigenvalue weighted by molar-refractivity contribution is -0.134. The molecule has 2 N–H and O–H groups in total. The second-order valence-electron chi connectivity index (χ2n) is 5.25. The van der Waals surface area contributed by atoms with Crippen LogP contribution in [0.3, 0.4) is 0 Å². The highest BCUT2D eigenvalue weighted by atomic mass is 16.5. The number of nitrogens with one attached hydrogen (secondary N) is 2. The lowest BCUT2D eigenvalue weighted by Gasteiger charge is -2.14. The van der Waals surface area contributed by atoms with Crippen molar-refractivity contribution in [1.29, 1.82) is 0 Å². The molecule has 7 nitrogen and oxygen atoms in total. The van der Waals surface area contributed by atoms with Crippen molar-refractivity contribution in [2.45, 2.75) is 19.5 Å². The van der Waals surface area contributed by atoms with E-state index < -0.39 is 12.0 Å². The number of carbonyl (C=O) groups is 2. The molecular formula is C18H20N4O3. The molecular weight excluding hydrogens is 320 g/mol. The largest absolute Gasteiger partial charge is 0.466 e. The van der Waals surface area contributed by atoms with Gasteiger partial charge in [0.05, 0.1) is 25.2 Å². The number of esters is 1. The highest BCUT2D eigenvalue weighted by molar-refractivity contribution is 5.86. The minimum atomic E-state index is -0.465. The summed E-state index contributed by atoms with van der Waals surface area (Å²) in [4.78, 5) is 31.4. The van der Waals surface area contributed by atoms with Crippen LogP contribution in [0, 0.1) is 0 Å². The van der Waals surface area contributed by atoms with Gasteiger partial charge in [-0.1, -0.05) is 30.3 Å². The van der Waals surface area contributed by atoms with Gasteiger partial charge in [0.2, 0.25) is 5.91 Å². The molecule has 1 aromatic carbocycles. The van der Waals surface area contributed by atoms with Crippen LogP contribution >= 0.6 is 0 Å². The van der Waals surface area contributed by atoms with E-state index in [1.807, 2.05) is 30.3 Å². The summed E-state index contributed by atoms with van der Waals surface area (Å²) in [6.07, 6.45) is 5.75. The molecule has 0 radical (unpaired) electrons. The third-order valence-electron chi connectivity index (χ3n) is 3.33. The van der Waals surface area contributed by atoms with Gasteiger partial charge in [-0.3, -0.25) is 9.78 Å². The molecule has 0 aliphatic rings. The molecule has 2 aromatic rings. The van der Waals surface area contributed by atoms with Crippen LogP contribution in [0.2, 0.25) is 0 Å². The summed E-state index contributed by atoms with van der Waals surface area (Å²) in [7, 11) is 1.30. The summed E-state index contributed by atoms with van der Waals surface area (Å²) in [5.41, 5.74) is 1.54. The van der Waals surface area contributed by atoms with E-state index in [1.165, 1.54) is 31.7 Å². The van der Waals surface area contributed by atoms with Gasteiger partial charge in [0.1, 0.15) is 11.9 Å². The quantitative estimate of drug-likeness (QED) is 0.589. The van der Waals surface area contributed by atoms with E-state index in [0.29, 0.717) is 18.1 Å². The summed E-state index contributed by atoms with van der Waals surface area (Å²) >= 11 is 0. The Morgan fingerprint density at radius 3 is 2.60 bits per heavy atom. The molecule has 0 fully saturated rings. The first-order valence-electron chi connectivity index (χ1n) is 7.74. The molecule has 2 rings (SSSR count). The van der Waals surface area contributed by atoms with Crippen molar-refractivity contribution < 1.29 is 14.3 Å². The van der Waals surface area contributed by atoms with Crippen LogP contribution in [0.1, 0.15) is 18.2 Å². The van der Waals surface area contributed by atoms with Crippen LogP contribution in [-0.2, 0) is 20.9 Å². The lowest BCUT2D eigenvalue weighted by Crippen LogP contribution is -2.37. The van der Waals surface area contributed by atoms with Gasteiger partial charge in [0.15, 0.2) is 0 Å². The fourth-order valence-corrected chi connectivity index (χ4v) is 1.95. The maximum Gasteiger partial charge on any atom is 0.330 e. The summed E-state index contributed by atoms with van der Waals surface area (Å²) in [5, 5.41) is 5.84. The first kappa shape index (κ1) is 18.1. The number of methoxy groups -OCH3 is 1. The molecule has 0 aliphatic heterocycles. The number of anilines is 1. The maximum absolute atomic E-state index is 12.1. The number of rotatable bonds is 7. The zero-order valence-electron chi connectivity index (χ0n) is 14.1. The Labute approximate surface area is 146 Å². The smallest absolute Gasteiger partial charge is 0.330 e. The maximum atomic E-state index is 12.1. The van der Waals surface area contributed by atoms with Gasteiger partial charge in [-0.15, -0.1) is 0 Å². The van der Waals surface area contributed by atoms with E-state index in [4.69, 9.17) is 0 Å². The van der Waals surface area contributed by atoms with Crippen molar-refractivity contribution in [3.8, 4) is 0 Å². The van der Waals surface area contributed by atoms with Crippen LogP contribution in [-0.4, -0.2) is 35.0 Å². The van der Waals surface area contributed by atoms with E-state index in [0.717, 1.165) is 5.56 Å². The second-order valence-corrected chi connectivity index (χ2v) is 5.25. The van der Waals surface area contributed by atoms with Gasteiger partial charge in [0.25, 0.3) is 0 Å². The highest BCUT2D eigenvalue weighted by Gasteiger charge is 2.12. The molecule has 25 heavy (non-hydrogen) atoms. The SMILES string of the molecule is COC(=O)C=Cc1cnc(N[C@H](C)C(=O)NCc2ccccc2)cn1. The molecule has 0 bridgehead atoms. The first-order chi connectivity index (χ1) is 12.1. The molecule has 1 aromatic heterocycles. The number of amides is 1. The standard InChI is InChI=1S/C18H20N4O3/c1-13(18(24)21-10-14-6-4-3-5-7-14)22-16-12-19-15(11-20-16)8-9-17(23)25-2/h3-9,11-13H,10H2,1-2H3,(H,20,22)(H,21,24)/t13-/m1/s1. The Kier molecular flexibility index (Phi) is 6.65. The third-order valence-corrected chi connectivity index (χ3v) is 3.33. The summed E-state index contributed by atoms with van der Waals surface area (Å²) in [6.45, 7) is 2.21. The van der Waals surface area contributed by atoms with Gasteiger partial charge < -0.3 is 15.4 Å². The van der Waals surface area contributed by atoms with Crippen molar-refractivity contribution in [3.05, 3.63) is 60.1 Å². The number of benzene rings is 1. The first-order valence-corrected chi connectivity index (χ1v) is 7.74. The Bertz CT molecular complexity index is 730. The molecule has 1 heterocycles. The van der Waals surface area contributed by atoms with Crippen LogP contribution in [0.4, 0.5) is 5.82 Å². The van der Waals surface area contributed by atoms with Crippen LogP contribution < -0.4 is 10.6 Å². The Morgan fingerprint density at radius 1 is 1.20 bits per heavy atom. The van der Waals surface area contributed by atoms with Crippen LogP contribution in [0.25, 0.3) is 6.08 Å². The van der Waals surface area contributed by atoms with E-state index in [2.05, 4.69) is 25.3 Å². The molecule has 7 heteroatoms. The van der Waals surface area contributed by atoms with E-state index in [9.17, 15) is 9.59 Å². The monoisotopic (exact) mass is 340 g/mol. The van der Waals surface area contributed by atoms with Crippen molar-refractivity contribution in [2.24, 2.45) is 0 Å². The normalized spacial score (nSPS) is 11.8. The van der Waals surface area contributed by atoms with Crippen molar-refractivity contribution in [1.82, 2.24) is 15.3 Å².